The van der Waals surface area contributed by atoms with Crippen molar-refractivity contribution >= 4 is 17.9 Å². The Balaban J connectivity index is 1.64. The second-order valence-electron chi connectivity index (χ2n) is 8.73. The molecule has 2 rings (SSSR count). The summed E-state index contributed by atoms with van der Waals surface area (Å²) in [5, 5.41) is 5.28. The smallest absolute Gasteiger partial charge is 0.408 e. The molecule has 3 amide bonds. The minimum atomic E-state index is -0.613. The van der Waals surface area contributed by atoms with Gasteiger partial charge in [0, 0.05) is 19.6 Å². The van der Waals surface area contributed by atoms with Gasteiger partial charge in [-0.3, -0.25) is 9.59 Å². The molecular weight excluding hydrogens is 398 g/mol. The molecule has 0 unspecified atom stereocenters. The van der Waals surface area contributed by atoms with Crippen LogP contribution < -0.4 is 15.4 Å². The highest BCUT2D eigenvalue weighted by Crippen LogP contribution is 2.20. The summed E-state index contributed by atoms with van der Waals surface area (Å²) in [5.41, 5.74) is 0.488. The number of carbonyl (C=O) groups is 3. The zero-order valence-electron chi connectivity index (χ0n) is 19.0. The van der Waals surface area contributed by atoms with Gasteiger partial charge in [-0.15, -0.1) is 0 Å². The quantitative estimate of drug-likeness (QED) is 0.657. The number of rotatable bonds is 8. The number of amides is 3. The number of ether oxygens (including phenoxy) is 2. The monoisotopic (exact) mass is 433 g/mol. The number of likely N-dealkylation sites (tertiary alicyclic amines) is 1. The fourth-order valence-corrected chi connectivity index (χ4v) is 3.34. The van der Waals surface area contributed by atoms with Crippen molar-refractivity contribution < 1.29 is 23.9 Å². The van der Waals surface area contributed by atoms with E-state index >= 15 is 0 Å². The van der Waals surface area contributed by atoms with E-state index in [1.54, 1.807) is 20.8 Å². The molecule has 0 aliphatic carbocycles. The normalized spacial score (nSPS) is 14.6. The number of para-hydroxylation sites is 1. The van der Waals surface area contributed by atoms with E-state index in [4.69, 9.17) is 9.47 Å². The van der Waals surface area contributed by atoms with E-state index < -0.39 is 11.7 Å². The van der Waals surface area contributed by atoms with Crippen LogP contribution in [0, 0.1) is 5.92 Å². The van der Waals surface area contributed by atoms with Crippen molar-refractivity contribution in [1.29, 1.82) is 0 Å². The molecule has 0 spiro atoms. The molecular formula is C23H35N3O5. The van der Waals surface area contributed by atoms with Crippen molar-refractivity contribution in [3.63, 3.8) is 0 Å². The molecule has 8 heteroatoms. The molecule has 0 aromatic heterocycles. The Morgan fingerprint density at radius 2 is 1.77 bits per heavy atom. The zero-order valence-corrected chi connectivity index (χ0v) is 19.0. The van der Waals surface area contributed by atoms with Gasteiger partial charge in [0.2, 0.25) is 5.91 Å². The fraction of sp³-hybridized carbons (Fsp3) is 0.609. The van der Waals surface area contributed by atoms with Gasteiger partial charge in [0.25, 0.3) is 5.91 Å². The first-order chi connectivity index (χ1) is 14.7. The minimum absolute atomic E-state index is 0.0186. The number of piperidine rings is 1. The third-order valence-electron chi connectivity index (χ3n) is 5.05. The van der Waals surface area contributed by atoms with Crippen molar-refractivity contribution in [2.45, 2.75) is 52.6 Å². The van der Waals surface area contributed by atoms with Crippen LogP contribution in [0.2, 0.25) is 0 Å². The fourth-order valence-electron chi connectivity index (χ4n) is 3.34. The molecule has 31 heavy (non-hydrogen) atoms. The summed E-state index contributed by atoms with van der Waals surface area (Å²) in [6.45, 7) is 9.08. The van der Waals surface area contributed by atoms with Crippen molar-refractivity contribution in [2.75, 3.05) is 32.8 Å². The van der Waals surface area contributed by atoms with Crippen LogP contribution in [0.3, 0.4) is 0 Å². The van der Waals surface area contributed by atoms with Crippen molar-refractivity contribution in [2.24, 2.45) is 5.92 Å². The number of aryl methyl sites for hydroxylation is 1. The molecule has 1 heterocycles. The van der Waals surface area contributed by atoms with E-state index in [1.807, 2.05) is 29.2 Å². The van der Waals surface area contributed by atoms with Gasteiger partial charge in [-0.25, -0.2) is 4.79 Å². The molecule has 2 N–H and O–H groups in total. The molecule has 1 aliphatic heterocycles. The van der Waals surface area contributed by atoms with Gasteiger partial charge in [-0.2, -0.15) is 0 Å². The number of hydrogen-bond acceptors (Lipinski definition) is 5. The van der Waals surface area contributed by atoms with Gasteiger partial charge in [0.15, 0.2) is 6.61 Å². The largest absolute Gasteiger partial charge is 0.483 e. The zero-order chi connectivity index (χ0) is 22.9. The summed E-state index contributed by atoms with van der Waals surface area (Å²) in [6.07, 6.45) is 1.88. The van der Waals surface area contributed by atoms with Crippen molar-refractivity contribution in [3.05, 3.63) is 29.8 Å². The molecule has 1 aliphatic rings. The van der Waals surface area contributed by atoms with E-state index in [2.05, 4.69) is 17.6 Å². The maximum absolute atomic E-state index is 12.5. The molecule has 1 aromatic rings. The predicted molar refractivity (Wildman–Crippen MR) is 118 cm³/mol. The first-order valence-electron chi connectivity index (χ1n) is 10.9. The molecule has 0 radical (unpaired) electrons. The Morgan fingerprint density at radius 1 is 1.10 bits per heavy atom. The van der Waals surface area contributed by atoms with Gasteiger partial charge < -0.3 is 25.0 Å². The van der Waals surface area contributed by atoms with Crippen LogP contribution in [0.1, 0.15) is 46.1 Å². The number of carbonyl (C=O) groups excluding carboxylic acids is 3. The van der Waals surface area contributed by atoms with Crippen LogP contribution in [-0.2, 0) is 20.7 Å². The third-order valence-corrected chi connectivity index (χ3v) is 5.05. The summed E-state index contributed by atoms with van der Waals surface area (Å²) in [5.74, 6) is 0.787. The number of nitrogens with one attached hydrogen (secondary N) is 2. The van der Waals surface area contributed by atoms with Crippen molar-refractivity contribution in [3.8, 4) is 5.75 Å². The number of hydrogen-bond donors (Lipinski definition) is 2. The highest BCUT2D eigenvalue weighted by atomic mass is 16.6. The number of nitrogens with zero attached hydrogens (tertiary/aromatic N) is 1. The van der Waals surface area contributed by atoms with Crippen LogP contribution in [0.5, 0.6) is 5.75 Å². The third kappa shape index (κ3) is 8.86. The lowest BCUT2D eigenvalue weighted by Gasteiger charge is -2.32. The van der Waals surface area contributed by atoms with Crippen molar-refractivity contribution in [1.82, 2.24) is 15.5 Å². The van der Waals surface area contributed by atoms with Crippen LogP contribution in [0.15, 0.2) is 24.3 Å². The first kappa shape index (κ1) is 24.5. The van der Waals surface area contributed by atoms with Crippen LogP contribution in [0.4, 0.5) is 4.79 Å². The van der Waals surface area contributed by atoms with Gasteiger partial charge in [0.1, 0.15) is 11.4 Å². The molecule has 8 nitrogen and oxygen atoms in total. The Kier molecular flexibility index (Phi) is 9.15. The van der Waals surface area contributed by atoms with Crippen LogP contribution in [0.25, 0.3) is 0 Å². The van der Waals surface area contributed by atoms with E-state index in [0.29, 0.717) is 25.6 Å². The predicted octanol–water partition coefficient (Wildman–Crippen LogP) is 2.51. The Bertz CT molecular complexity index is 752. The highest BCUT2D eigenvalue weighted by molar-refractivity contribution is 5.82. The lowest BCUT2D eigenvalue weighted by Crippen LogP contribution is -2.45. The standard InChI is InChI=1S/C23H35N3O5/c1-5-18-8-6-7-9-19(18)30-16-21(28)26-12-10-17(11-13-26)14-24-20(27)15-25-22(29)31-23(2,3)4/h6-9,17H,5,10-16H2,1-4H3,(H,24,27)(H,25,29). The number of alkyl carbamates (subject to hydrolysis) is 1. The minimum Gasteiger partial charge on any atom is -0.483 e. The van der Waals surface area contributed by atoms with E-state index in [9.17, 15) is 14.4 Å². The molecule has 1 fully saturated rings. The lowest BCUT2D eigenvalue weighted by atomic mass is 9.97. The van der Waals surface area contributed by atoms with Gasteiger partial charge in [0.05, 0.1) is 6.54 Å². The number of benzene rings is 1. The summed E-state index contributed by atoms with van der Waals surface area (Å²) in [6, 6.07) is 7.76. The average molecular weight is 434 g/mol. The lowest BCUT2D eigenvalue weighted by molar-refractivity contribution is -0.135. The molecule has 1 saturated heterocycles. The maximum Gasteiger partial charge on any atom is 0.408 e. The van der Waals surface area contributed by atoms with Crippen LogP contribution >= 0.6 is 0 Å². The molecule has 172 valence electrons. The SMILES string of the molecule is CCc1ccccc1OCC(=O)N1CCC(CNC(=O)CNC(=O)OC(C)(C)C)CC1. The van der Waals surface area contributed by atoms with Crippen LogP contribution in [-0.4, -0.2) is 61.2 Å². The average Bonchev–Trinajstić information content (AvgIpc) is 2.74. The van der Waals surface area contributed by atoms with E-state index in [1.165, 1.54) is 0 Å². The Morgan fingerprint density at radius 3 is 2.42 bits per heavy atom. The Labute approximate surface area is 184 Å². The topological polar surface area (TPSA) is 97.0 Å². The van der Waals surface area contributed by atoms with Gasteiger partial charge in [-0.1, -0.05) is 25.1 Å². The second kappa shape index (κ2) is 11.6. The molecule has 1 aromatic carbocycles. The molecule has 0 bridgehead atoms. The molecule has 0 atom stereocenters. The summed E-state index contributed by atoms with van der Waals surface area (Å²) in [7, 11) is 0. The van der Waals surface area contributed by atoms with Gasteiger partial charge in [-0.05, 0) is 57.6 Å². The summed E-state index contributed by atoms with van der Waals surface area (Å²) in [4.78, 5) is 37.8. The second-order valence-corrected chi connectivity index (χ2v) is 8.73. The highest BCUT2D eigenvalue weighted by Gasteiger charge is 2.24. The summed E-state index contributed by atoms with van der Waals surface area (Å²) < 4.78 is 10.8. The maximum atomic E-state index is 12.5. The molecule has 0 saturated carbocycles. The van der Waals surface area contributed by atoms with E-state index in [-0.39, 0.29) is 25.0 Å². The Hall–Kier alpha value is -2.77. The summed E-state index contributed by atoms with van der Waals surface area (Å²) >= 11 is 0. The van der Waals surface area contributed by atoms with E-state index in [0.717, 1.165) is 30.6 Å². The first-order valence-corrected chi connectivity index (χ1v) is 10.9. The van der Waals surface area contributed by atoms with Gasteiger partial charge >= 0.3 is 6.09 Å².